The molecule has 0 radical (unpaired) electrons. The average molecular weight is 532 g/mol. The summed E-state index contributed by atoms with van der Waals surface area (Å²) in [7, 11) is 1.31. The normalized spacial score (nSPS) is 10.5. The number of methoxy groups -OCH3 is 1. The van der Waals surface area contributed by atoms with E-state index < -0.39 is 5.97 Å². The number of carbonyl (C=O) groups excluding carboxylic acids is 2. The summed E-state index contributed by atoms with van der Waals surface area (Å²) in [6.45, 7) is 0.511. The number of hydrogen-bond donors (Lipinski definition) is 1. The van der Waals surface area contributed by atoms with Crippen LogP contribution < -0.4 is 10.1 Å². The molecule has 0 aromatic heterocycles. The number of benzene rings is 4. The Morgan fingerprint density at radius 3 is 2.41 bits per heavy atom. The van der Waals surface area contributed by atoms with E-state index in [1.54, 1.807) is 36.0 Å². The van der Waals surface area contributed by atoms with Gasteiger partial charge in [-0.25, -0.2) is 4.79 Å². The number of aryl methyl sites for hydroxylation is 1. The largest absolute Gasteiger partial charge is 0.489 e. The topological polar surface area (TPSA) is 64.6 Å². The number of amides is 1. The van der Waals surface area contributed by atoms with E-state index in [2.05, 4.69) is 5.32 Å². The summed E-state index contributed by atoms with van der Waals surface area (Å²) < 4.78 is 10.7. The molecule has 37 heavy (non-hydrogen) atoms. The van der Waals surface area contributed by atoms with Crippen LogP contribution in [0, 0.1) is 0 Å². The Balaban J connectivity index is 1.33. The molecule has 4 rings (SSSR count). The van der Waals surface area contributed by atoms with Gasteiger partial charge >= 0.3 is 5.97 Å². The second-order valence-electron chi connectivity index (χ2n) is 8.19. The van der Waals surface area contributed by atoms with Gasteiger partial charge in [0, 0.05) is 21.2 Å². The molecule has 0 saturated carbocycles. The van der Waals surface area contributed by atoms with Crippen LogP contribution in [0.15, 0.2) is 107 Å². The molecular weight excluding hydrogens is 506 g/mol. The molecule has 0 fully saturated rings. The van der Waals surface area contributed by atoms with Gasteiger partial charge in [-0.3, -0.25) is 4.79 Å². The Labute approximate surface area is 225 Å². The summed E-state index contributed by atoms with van der Waals surface area (Å²) in [5, 5.41) is 3.39. The van der Waals surface area contributed by atoms with Crippen molar-refractivity contribution < 1.29 is 19.1 Å². The van der Waals surface area contributed by atoms with Crippen molar-refractivity contribution in [1.82, 2.24) is 0 Å². The van der Waals surface area contributed by atoms with E-state index in [1.165, 1.54) is 7.11 Å². The number of halogens is 1. The molecule has 5 nitrogen and oxygen atoms in total. The molecule has 0 heterocycles. The van der Waals surface area contributed by atoms with Gasteiger partial charge in [-0.15, -0.1) is 0 Å². The number of esters is 1. The van der Waals surface area contributed by atoms with Crippen LogP contribution in [0.1, 0.15) is 27.9 Å². The van der Waals surface area contributed by atoms with Crippen LogP contribution in [0.5, 0.6) is 5.75 Å². The minimum absolute atomic E-state index is 0.210. The third-order valence-corrected chi connectivity index (χ3v) is 6.87. The van der Waals surface area contributed by atoms with Crippen molar-refractivity contribution in [3.8, 4) is 5.75 Å². The first-order chi connectivity index (χ1) is 18.0. The second kappa shape index (κ2) is 13.0. The number of ether oxygens (including phenoxy) is 2. The van der Waals surface area contributed by atoms with E-state index in [0.29, 0.717) is 29.3 Å². The zero-order valence-corrected chi connectivity index (χ0v) is 21.9. The summed E-state index contributed by atoms with van der Waals surface area (Å²) in [4.78, 5) is 26.5. The maximum atomic E-state index is 12.5. The van der Waals surface area contributed by atoms with Crippen LogP contribution in [0.3, 0.4) is 0 Å². The van der Waals surface area contributed by atoms with Gasteiger partial charge in [0.15, 0.2) is 0 Å². The molecule has 1 N–H and O–H groups in total. The lowest BCUT2D eigenvalue weighted by Crippen LogP contribution is -2.15. The van der Waals surface area contributed by atoms with Gasteiger partial charge < -0.3 is 14.8 Å². The molecule has 0 saturated heterocycles. The summed E-state index contributed by atoms with van der Waals surface area (Å²) in [5.74, 6) is 0.0925. The molecule has 7 heteroatoms. The summed E-state index contributed by atoms with van der Waals surface area (Å²) in [5.41, 5.74) is 2.73. The molecular formula is C30H26ClNO4S. The molecule has 4 aromatic carbocycles. The second-order valence-corrected chi connectivity index (χ2v) is 9.74. The molecule has 0 spiro atoms. The number of hydrogen-bond acceptors (Lipinski definition) is 5. The van der Waals surface area contributed by atoms with E-state index in [1.807, 2.05) is 72.8 Å². The number of rotatable bonds is 10. The fourth-order valence-electron chi connectivity index (χ4n) is 3.64. The van der Waals surface area contributed by atoms with Crippen molar-refractivity contribution in [3.63, 3.8) is 0 Å². The van der Waals surface area contributed by atoms with Crippen molar-refractivity contribution >= 4 is 40.9 Å². The van der Waals surface area contributed by atoms with E-state index in [9.17, 15) is 9.59 Å². The average Bonchev–Trinajstić information content (AvgIpc) is 2.92. The smallest absolute Gasteiger partial charge is 0.339 e. The monoisotopic (exact) mass is 531 g/mol. The summed E-state index contributed by atoms with van der Waals surface area (Å²) in [6, 6.07) is 30.6. The van der Waals surface area contributed by atoms with Crippen LogP contribution in [0.4, 0.5) is 5.69 Å². The maximum absolute atomic E-state index is 12.5. The Morgan fingerprint density at radius 1 is 0.865 bits per heavy atom. The highest BCUT2D eigenvalue weighted by Crippen LogP contribution is 2.33. The number of carbonyl (C=O) groups is 2. The number of anilines is 1. The highest BCUT2D eigenvalue weighted by Gasteiger charge is 2.14. The van der Waals surface area contributed by atoms with Gasteiger partial charge in [0.2, 0.25) is 5.91 Å². The van der Waals surface area contributed by atoms with E-state index in [4.69, 9.17) is 21.1 Å². The fourth-order valence-corrected chi connectivity index (χ4v) is 4.89. The maximum Gasteiger partial charge on any atom is 0.339 e. The molecule has 0 aliphatic carbocycles. The van der Waals surface area contributed by atoms with E-state index in [-0.39, 0.29) is 12.3 Å². The van der Waals surface area contributed by atoms with Gasteiger partial charge in [-0.1, -0.05) is 78.0 Å². The predicted octanol–water partition coefficient (Wildman–Crippen LogP) is 7.43. The summed E-state index contributed by atoms with van der Waals surface area (Å²) in [6.07, 6.45) is 0.696. The lowest BCUT2D eigenvalue weighted by Gasteiger charge is -2.11. The predicted molar refractivity (Wildman–Crippen MR) is 148 cm³/mol. The fraction of sp³-hybridized carbons (Fsp3) is 0.133. The quantitative estimate of drug-likeness (QED) is 0.216. The van der Waals surface area contributed by atoms with Crippen LogP contribution in [-0.4, -0.2) is 19.0 Å². The first-order valence-corrected chi connectivity index (χ1v) is 12.9. The third kappa shape index (κ3) is 7.62. The molecule has 188 valence electrons. The standard InChI is InChI=1S/C30H26ClNO4S/c1-35-30(34)26-12-5-6-13-28(26)32-29(33)17-15-22-14-16-25(19-27(22)31)37-24-11-7-10-23(18-24)36-20-21-8-3-2-4-9-21/h2-14,16,18-19H,15,17,20H2,1H3,(H,32,33). The first-order valence-electron chi connectivity index (χ1n) is 11.7. The molecule has 0 aliphatic heterocycles. The van der Waals surface area contributed by atoms with E-state index >= 15 is 0 Å². The molecule has 0 bridgehead atoms. The van der Waals surface area contributed by atoms with Crippen molar-refractivity contribution in [3.05, 3.63) is 119 Å². The van der Waals surface area contributed by atoms with Crippen molar-refractivity contribution in [2.24, 2.45) is 0 Å². The van der Waals surface area contributed by atoms with Gasteiger partial charge in [-0.2, -0.15) is 0 Å². The molecule has 4 aromatic rings. The highest BCUT2D eigenvalue weighted by atomic mass is 35.5. The summed E-state index contributed by atoms with van der Waals surface area (Å²) >= 11 is 8.13. The highest BCUT2D eigenvalue weighted by molar-refractivity contribution is 7.99. The SMILES string of the molecule is COC(=O)c1ccccc1NC(=O)CCc1ccc(Sc2cccc(OCc3ccccc3)c2)cc1Cl. The number of nitrogens with one attached hydrogen (secondary N) is 1. The molecule has 0 atom stereocenters. The van der Waals surface area contributed by atoms with Crippen molar-refractivity contribution in [2.75, 3.05) is 12.4 Å². The van der Waals surface area contributed by atoms with Gasteiger partial charge in [0.25, 0.3) is 0 Å². The Kier molecular flexibility index (Phi) is 9.24. The van der Waals surface area contributed by atoms with Gasteiger partial charge in [0.1, 0.15) is 12.4 Å². The van der Waals surface area contributed by atoms with Gasteiger partial charge in [0.05, 0.1) is 18.4 Å². The minimum atomic E-state index is -0.500. The third-order valence-electron chi connectivity index (χ3n) is 5.54. The molecule has 0 unspecified atom stereocenters. The Hall–Kier alpha value is -3.74. The Morgan fingerprint density at radius 2 is 1.62 bits per heavy atom. The zero-order valence-electron chi connectivity index (χ0n) is 20.3. The van der Waals surface area contributed by atoms with Crippen LogP contribution in [-0.2, 0) is 22.6 Å². The molecule has 0 aliphatic rings. The first kappa shape index (κ1) is 26.3. The van der Waals surface area contributed by atoms with Crippen LogP contribution in [0.25, 0.3) is 0 Å². The lowest BCUT2D eigenvalue weighted by atomic mass is 10.1. The van der Waals surface area contributed by atoms with Gasteiger partial charge in [-0.05, 0) is 60.0 Å². The van der Waals surface area contributed by atoms with Crippen LogP contribution >= 0.6 is 23.4 Å². The molecule has 1 amide bonds. The van der Waals surface area contributed by atoms with E-state index in [0.717, 1.165) is 26.7 Å². The Bertz CT molecular complexity index is 1380. The minimum Gasteiger partial charge on any atom is -0.489 e. The lowest BCUT2D eigenvalue weighted by molar-refractivity contribution is -0.116. The van der Waals surface area contributed by atoms with Crippen LogP contribution in [0.2, 0.25) is 5.02 Å². The van der Waals surface area contributed by atoms with Crippen molar-refractivity contribution in [2.45, 2.75) is 29.2 Å². The van der Waals surface area contributed by atoms with Crippen molar-refractivity contribution in [1.29, 1.82) is 0 Å². The zero-order chi connectivity index (χ0) is 26.0. The number of para-hydroxylation sites is 1.